The summed E-state index contributed by atoms with van der Waals surface area (Å²) in [5, 5.41) is 7.68. The van der Waals surface area contributed by atoms with E-state index < -0.39 is 0 Å². The quantitative estimate of drug-likeness (QED) is 0.680. The highest BCUT2D eigenvalue weighted by atomic mass is 16.5. The molecule has 2 aliphatic heterocycles. The van der Waals surface area contributed by atoms with Crippen LogP contribution in [0.2, 0.25) is 0 Å². The lowest BCUT2D eigenvalue weighted by Crippen LogP contribution is -2.54. The number of carbonyl (C=O) groups excluding carboxylic acids is 1. The second-order valence-corrected chi connectivity index (χ2v) is 10.9. The Labute approximate surface area is 211 Å². The van der Waals surface area contributed by atoms with E-state index in [4.69, 9.17) is 9.52 Å². The van der Waals surface area contributed by atoms with Gasteiger partial charge in [0.25, 0.3) is 11.8 Å². The Morgan fingerprint density at radius 3 is 2.44 bits per heavy atom. The van der Waals surface area contributed by atoms with Crippen molar-refractivity contribution in [3.05, 3.63) is 70.3 Å². The fourth-order valence-electron chi connectivity index (χ4n) is 4.77. The summed E-state index contributed by atoms with van der Waals surface area (Å²) < 4.78 is 5.43. The van der Waals surface area contributed by atoms with Crippen molar-refractivity contribution < 1.29 is 9.32 Å². The van der Waals surface area contributed by atoms with E-state index >= 15 is 0 Å². The van der Waals surface area contributed by atoms with Gasteiger partial charge in [0.2, 0.25) is 5.96 Å². The third kappa shape index (κ3) is 4.36. The molecule has 0 bridgehead atoms. The van der Waals surface area contributed by atoms with Crippen LogP contribution in [0.25, 0.3) is 11.5 Å². The summed E-state index contributed by atoms with van der Waals surface area (Å²) in [5.41, 5.74) is 6.48. The van der Waals surface area contributed by atoms with E-state index in [1.807, 2.05) is 49.9 Å². The highest BCUT2D eigenvalue weighted by molar-refractivity contribution is 5.95. The summed E-state index contributed by atoms with van der Waals surface area (Å²) in [7, 11) is 0. The van der Waals surface area contributed by atoms with E-state index in [-0.39, 0.29) is 11.3 Å². The van der Waals surface area contributed by atoms with Crippen molar-refractivity contribution >= 4 is 11.9 Å². The molecule has 1 saturated carbocycles. The van der Waals surface area contributed by atoms with E-state index in [0.29, 0.717) is 30.4 Å². The van der Waals surface area contributed by atoms with E-state index in [9.17, 15) is 4.79 Å². The number of piperazine rings is 1. The van der Waals surface area contributed by atoms with Gasteiger partial charge in [0.05, 0.1) is 5.70 Å². The number of aromatic nitrogens is 2. The fraction of sp³-hybridized carbons (Fsp3) is 0.429. The number of rotatable bonds is 2. The van der Waals surface area contributed by atoms with Gasteiger partial charge in [0.1, 0.15) is 0 Å². The molecule has 0 spiro atoms. The molecule has 1 N–H and O–H groups in total. The van der Waals surface area contributed by atoms with Gasteiger partial charge in [-0.25, -0.2) is 4.99 Å². The number of hydrogen-bond acceptors (Lipinski definition) is 7. The Morgan fingerprint density at radius 1 is 1.03 bits per heavy atom. The molecule has 6 rings (SSSR count). The van der Waals surface area contributed by atoms with Crippen molar-refractivity contribution in [3.8, 4) is 11.5 Å². The lowest BCUT2D eigenvalue weighted by molar-refractivity contribution is 0.0690. The molecule has 0 radical (unpaired) electrons. The van der Waals surface area contributed by atoms with Crippen molar-refractivity contribution in [1.29, 1.82) is 0 Å². The van der Waals surface area contributed by atoms with E-state index in [1.54, 1.807) is 0 Å². The van der Waals surface area contributed by atoms with Gasteiger partial charge in [0, 0.05) is 54.0 Å². The molecule has 8 nitrogen and oxygen atoms in total. The van der Waals surface area contributed by atoms with Crippen LogP contribution >= 0.6 is 0 Å². The minimum absolute atomic E-state index is 0.0452. The molecule has 4 aliphatic rings. The predicted molar refractivity (Wildman–Crippen MR) is 138 cm³/mol. The molecule has 36 heavy (non-hydrogen) atoms. The van der Waals surface area contributed by atoms with Crippen molar-refractivity contribution in [2.24, 2.45) is 4.99 Å². The predicted octanol–water partition coefficient (Wildman–Crippen LogP) is 4.40. The molecular formula is C28H32N6O2. The minimum atomic E-state index is -0.179. The normalized spacial score (nSPS) is 19.8. The number of hydrogen-bond donors (Lipinski definition) is 1. The topological polar surface area (TPSA) is 86.9 Å². The van der Waals surface area contributed by atoms with Crippen molar-refractivity contribution in [1.82, 2.24) is 25.3 Å². The summed E-state index contributed by atoms with van der Waals surface area (Å²) in [4.78, 5) is 26.9. The zero-order valence-corrected chi connectivity index (χ0v) is 21.2. The number of nitrogens with one attached hydrogen (secondary N) is 1. The van der Waals surface area contributed by atoms with Crippen LogP contribution < -0.4 is 5.32 Å². The van der Waals surface area contributed by atoms with Gasteiger partial charge in [-0.1, -0.05) is 38.1 Å². The van der Waals surface area contributed by atoms with Gasteiger partial charge in [-0.3, -0.25) is 4.79 Å². The second-order valence-electron chi connectivity index (χ2n) is 10.9. The van der Waals surface area contributed by atoms with Crippen LogP contribution in [0.5, 0.6) is 0 Å². The Bertz CT molecular complexity index is 1310. The number of aliphatic imine (C=N–C) groups is 1. The zero-order chi connectivity index (χ0) is 24.9. The SMILES string of the molecule is CC(C)(C)c1noc(-c2ccc(C(=O)N3CCN(C4=NC(=C5CC5)C5=C(CCC=C5)N4)CC3)cc2)n1. The summed E-state index contributed by atoms with van der Waals surface area (Å²) in [5.74, 6) is 2.12. The molecule has 1 saturated heterocycles. The summed E-state index contributed by atoms with van der Waals surface area (Å²) >= 11 is 0. The van der Waals surface area contributed by atoms with Gasteiger partial charge in [0.15, 0.2) is 5.82 Å². The summed E-state index contributed by atoms with van der Waals surface area (Å²) in [6.45, 7) is 8.99. The Balaban J connectivity index is 1.10. The van der Waals surface area contributed by atoms with Crippen LogP contribution in [0, 0.1) is 0 Å². The monoisotopic (exact) mass is 484 g/mol. The molecule has 2 aliphatic carbocycles. The Kier molecular flexibility index (Phi) is 5.54. The summed E-state index contributed by atoms with van der Waals surface area (Å²) in [6.07, 6.45) is 8.86. The number of amides is 1. The van der Waals surface area contributed by atoms with Crippen LogP contribution in [0.15, 0.2) is 68.5 Å². The van der Waals surface area contributed by atoms with Crippen molar-refractivity contribution in [3.63, 3.8) is 0 Å². The number of allylic oxidation sites excluding steroid dienone is 4. The first kappa shape index (κ1) is 22.8. The van der Waals surface area contributed by atoms with Gasteiger partial charge in [-0.05, 0) is 55.5 Å². The number of nitrogens with zero attached hydrogens (tertiary/aromatic N) is 5. The average molecular weight is 485 g/mol. The highest BCUT2D eigenvalue weighted by Crippen LogP contribution is 2.39. The number of carbonyl (C=O) groups is 1. The zero-order valence-electron chi connectivity index (χ0n) is 21.2. The summed E-state index contributed by atoms with van der Waals surface area (Å²) in [6, 6.07) is 7.44. The maximum Gasteiger partial charge on any atom is 0.257 e. The maximum atomic E-state index is 13.2. The van der Waals surface area contributed by atoms with Crippen LogP contribution in [0.1, 0.15) is 62.6 Å². The average Bonchev–Trinajstić information content (AvgIpc) is 3.62. The number of benzene rings is 1. The molecule has 0 unspecified atom stereocenters. The third-order valence-electron chi connectivity index (χ3n) is 7.08. The highest BCUT2D eigenvalue weighted by Gasteiger charge is 2.30. The molecule has 2 aromatic rings. The molecule has 1 amide bonds. The first-order chi connectivity index (χ1) is 17.4. The lowest BCUT2D eigenvalue weighted by atomic mass is 9.96. The van der Waals surface area contributed by atoms with Crippen LogP contribution in [0.3, 0.4) is 0 Å². The molecule has 8 heteroatoms. The fourth-order valence-corrected chi connectivity index (χ4v) is 4.77. The Hall–Kier alpha value is -3.68. The van der Waals surface area contributed by atoms with Crippen LogP contribution in [0.4, 0.5) is 0 Å². The number of guanidine groups is 1. The largest absolute Gasteiger partial charge is 0.339 e. The maximum absolute atomic E-state index is 13.2. The molecular weight excluding hydrogens is 452 g/mol. The van der Waals surface area contributed by atoms with Crippen molar-refractivity contribution in [2.45, 2.75) is 51.9 Å². The molecule has 1 aromatic heterocycles. The van der Waals surface area contributed by atoms with Gasteiger partial charge in [-0.2, -0.15) is 4.98 Å². The van der Waals surface area contributed by atoms with Crippen LogP contribution in [-0.4, -0.2) is 58.0 Å². The molecule has 0 atom stereocenters. The van der Waals surface area contributed by atoms with Crippen LogP contribution in [-0.2, 0) is 5.41 Å². The smallest absolute Gasteiger partial charge is 0.257 e. The second kappa shape index (κ2) is 8.76. The van der Waals surface area contributed by atoms with Crippen molar-refractivity contribution in [2.75, 3.05) is 26.2 Å². The van der Waals surface area contributed by atoms with E-state index in [1.165, 1.54) is 22.5 Å². The molecule has 186 valence electrons. The first-order valence-corrected chi connectivity index (χ1v) is 12.8. The van der Waals surface area contributed by atoms with Gasteiger partial charge < -0.3 is 19.6 Å². The standard InChI is InChI=1S/C28H32N6O2/c1-28(2,3)26-31-24(36-32-26)19-10-12-20(13-11-19)25(35)33-14-16-34(17-15-33)27-29-22-7-5-4-6-21(22)23(30-27)18-8-9-18/h4,6,10-13H,5,7-9,14-17H2,1-3H3,(H,29,30). The third-order valence-corrected chi connectivity index (χ3v) is 7.08. The van der Waals surface area contributed by atoms with E-state index in [0.717, 1.165) is 50.3 Å². The Morgan fingerprint density at radius 2 is 1.78 bits per heavy atom. The lowest BCUT2D eigenvalue weighted by Gasteiger charge is -2.38. The first-order valence-electron chi connectivity index (χ1n) is 12.8. The molecule has 1 aromatic carbocycles. The minimum Gasteiger partial charge on any atom is -0.339 e. The van der Waals surface area contributed by atoms with Gasteiger partial charge in [-0.15, -0.1) is 0 Å². The molecule has 3 heterocycles. The molecule has 2 fully saturated rings. The van der Waals surface area contributed by atoms with Gasteiger partial charge >= 0.3 is 0 Å². The van der Waals surface area contributed by atoms with E-state index in [2.05, 4.69) is 32.5 Å².